The van der Waals surface area contributed by atoms with Crippen molar-refractivity contribution in [3.8, 4) is 17.6 Å². The SMILES string of the molecule is C=N/N=C(\OCCc1ccc(Cl)c(Oc2cc(Cl)cc(C#N)c2)c1F)c1sc(Cl)nc1C. The molecule has 0 spiro atoms. The minimum atomic E-state index is -0.656. The lowest BCUT2D eigenvalue weighted by atomic mass is 10.1. The zero-order chi connectivity index (χ0) is 23.3. The van der Waals surface area contributed by atoms with Gasteiger partial charge in [-0.3, -0.25) is 0 Å². The fraction of sp³-hybridized carbons (Fsp3) is 0.143. The number of aryl methyl sites for hydroxylation is 1. The van der Waals surface area contributed by atoms with Gasteiger partial charge in [-0.05, 0) is 36.8 Å². The lowest BCUT2D eigenvalue weighted by Gasteiger charge is -2.13. The minimum Gasteiger partial charge on any atom is -0.475 e. The molecule has 0 radical (unpaired) electrons. The standard InChI is InChI=1S/C21H14Cl3FN4O2S/c1-11-19(32-21(24)28-11)20(29-27-2)30-6-5-13-3-4-16(23)18(17(13)25)31-15-8-12(10-26)7-14(22)9-15/h3-4,7-9H,2,5-6H2,1H3/b29-20-. The molecule has 0 aliphatic heterocycles. The van der Waals surface area contributed by atoms with E-state index in [2.05, 4.69) is 21.9 Å². The summed E-state index contributed by atoms with van der Waals surface area (Å²) in [6, 6.07) is 9.37. The van der Waals surface area contributed by atoms with Crippen LogP contribution in [0.4, 0.5) is 4.39 Å². The van der Waals surface area contributed by atoms with E-state index in [-0.39, 0.29) is 46.0 Å². The van der Waals surface area contributed by atoms with Crippen molar-refractivity contribution in [1.29, 1.82) is 5.26 Å². The second-order valence-electron chi connectivity index (χ2n) is 6.27. The summed E-state index contributed by atoms with van der Waals surface area (Å²) in [6.45, 7) is 5.18. The fourth-order valence-corrected chi connectivity index (χ4v) is 4.19. The van der Waals surface area contributed by atoms with Gasteiger partial charge in [0, 0.05) is 18.2 Å². The number of nitrogens with zero attached hydrogens (tertiary/aromatic N) is 4. The third kappa shape index (κ3) is 5.75. The van der Waals surface area contributed by atoms with Crippen LogP contribution in [0.2, 0.25) is 14.5 Å². The maximum atomic E-state index is 15.1. The Bertz CT molecular complexity index is 1240. The number of benzene rings is 2. The molecule has 0 bridgehead atoms. The Hall–Kier alpha value is -2.70. The first-order chi connectivity index (χ1) is 15.3. The number of halogens is 4. The van der Waals surface area contributed by atoms with Crippen molar-refractivity contribution in [3.05, 3.63) is 72.4 Å². The van der Waals surface area contributed by atoms with Crippen LogP contribution in [0.1, 0.15) is 21.7 Å². The molecule has 3 aromatic rings. The van der Waals surface area contributed by atoms with E-state index in [0.29, 0.717) is 20.6 Å². The molecule has 2 aromatic carbocycles. The Labute approximate surface area is 202 Å². The summed E-state index contributed by atoms with van der Waals surface area (Å²) in [5, 5.41) is 16.8. The van der Waals surface area contributed by atoms with E-state index in [0.717, 1.165) is 0 Å². The molecule has 6 nitrogen and oxygen atoms in total. The highest BCUT2D eigenvalue weighted by Gasteiger charge is 2.18. The van der Waals surface area contributed by atoms with Crippen LogP contribution in [0.15, 0.2) is 40.5 Å². The van der Waals surface area contributed by atoms with Gasteiger partial charge in [0.05, 0.1) is 29.0 Å². The first-order valence-corrected chi connectivity index (χ1v) is 10.9. The van der Waals surface area contributed by atoms with Crippen molar-refractivity contribution in [3.63, 3.8) is 0 Å². The molecule has 3 rings (SSSR count). The van der Waals surface area contributed by atoms with Gasteiger partial charge in [0.2, 0.25) is 0 Å². The van der Waals surface area contributed by atoms with Crippen molar-refractivity contribution in [2.45, 2.75) is 13.3 Å². The Balaban J connectivity index is 1.78. The molecule has 0 fully saturated rings. The van der Waals surface area contributed by atoms with Gasteiger partial charge in [0.25, 0.3) is 5.90 Å². The van der Waals surface area contributed by atoms with Gasteiger partial charge in [-0.25, -0.2) is 9.37 Å². The summed E-state index contributed by atoms with van der Waals surface area (Å²) in [5.41, 5.74) is 1.21. The Kier molecular flexibility index (Phi) is 8.04. The second kappa shape index (κ2) is 10.7. The number of rotatable bonds is 7. The average Bonchev–Trinajstić information content (AvgIpc) is 3.09. The smallest absolute Gasteiger partial charge is 0.252 e. The van der Waals surface area contributed by atoms with Crippen LogP contribution in [0, 0.1) is 24.1 Å². The van der Waals surface area contributed by atoms with Gasteiger partial charge in [-0.1, -0.05) is 52.2 Å². The van der Waals surface area contributed by atoms with Crippen LogP contribution in [-0.4, -0.2) is 24.2 Å². The van der Waals surface area contributed by atoms with Crippen LogP contribution in [0.3, 0.4) is 0 Å². The lowest BCUT2D eigenvalue weighted by Crippen LogP contribution is -2.10. The molecule has 32 heavy (non-hydrogen) atoms. The van der Waals surface area contributed by atoms with E-state index >= 15 is 4.39 Å². The highest BCUT2D eigenvalue weighted by Crippen LogP contribution is 2.35. The molecule has 164 valence electrons. The molecule has 0 saturated carbocycles. The molecule has 0 aliphatic carbocycles. The molecule has 0 atom stereocenters. The van der Waals surface area contributed by atoms with Crippen LogP contribution in [0.5, 0.6) is 11.5 Å². The number of hydrogen-bond acceptors (Lipinski definition) is 7. The molecule has 0 N–H and O–H groups in total. The monoisotopic (exact) mass is 510 g/mol. The van der Waals surface area contributed by atoms with E-state index in [1.165, 1.54) is 41.7 Å². The molecular weight excluding hydrogens is 498 g/mol. The first-order valence-electron chi connectivity index (χ1n) is 8.97. The van der Waals surface area contributed by atoms with Crippen molar-refractivity contribution in [2.75, 3.05) is 6.61 Å². The number of nitriles is 1. The number of thiazole rings is 1. The van der Waals surface area contributed by atoms with Gasteiger partial charge in [-0.15, -0.1) is 5.10 Å². The maximum absolute atomic E-state index is 15.1. The van der Waals surface area contributed by atoms with Crippen molar-refractivity contribution in [2.24, 2.45) is 10.2 Å². The first kappa shape index (κ1) is 24.0. The van der Waals surface area contributed by atoms with E-state index < -0.39 is 5.82 Å². The Morgan fingerprint density at radius 2 is 2.06 bits per heavy atom. The molecule has 0 saturated heterocycles. The van der Waals surface area contributed by atoms with Gasteiger partial charge in [-0.2, -0.15) is 10.4 Å². The predicted octanol–water partition coefficient (Wildman–Crippen LogP) is 6.84. The third-order valence-corrected chi connectivity index (χ3v) is 5.85. The van der Waals surface area contributed by atoms with E-state index in [9.17, 15) is 0 Å². The molecular formula is C21H14Cl3FN4O2S. The number of ether oxygens (including phenoxy) is 2. The maximum Gasteiger partial charge on any atom is 0.252 e. The molecule has 0 unspecified atom stereocenters. The van der Waals surface area contributed by atoms with Gasteiger partial charge >= 0.3 is 0 Å². The van der Waals surface area contributed by atoms with Crippen LogP contribution < -0.4 is 4.74 Å². The van der Waals surface area contributed by atoms with Crippen LogP contribution >= 0.6 is 46.1 Å². The quantitative estimate of drug-likeness (QED) is 0.198. The fourth-order valence-electron chi connectivity index (χ4n) is 2.69. The highest BCUT2D eigenvalue weighted by molar-refractivity contribution is 7.17. The van der Waals surface area contributed by atoms with Crippen molar-refractivity contribution < 1.29 is 13.9 Å². The molecule has 1 aromatic heterocycles. The molecule has 0 amide bonds. The third-order valence-electron chi connectivity index (χ3n) is 4.09. The molecule has 1 heterocycles. The summed E-state index contributed by atoms with van der Waals surface area (Å²) in [5.74, 6) is -0.457. The second-order valence-corrected chi connectivity index (χ2v) is 8.69. The summed E-state index contributed by atoms with van der Waals surface area (Å²) in [7, 11) is 0. The van der Waals surface area contributed by atoms with Crippen LogP contribution in [-0.2, 0) is 11.2 Å². The van der Waals surface area contributed by atoms with Crippen molar-refractivity contribution >= 4 is 58.8 Å². The van der Waals surface area contributed by atoms with Gasteiger partial charge < -0.3 is 9.47 Å². The van der Waals surface area contributed by atoms with Gasteiger partial charge in [0.1, 0.15) is 10.6 Å². The highest BCUT2D eigenvalue weighted by atomic mass is 35.5. The topological polar surface area (TPSA) is 79.9 Å². The number of aromatic nitrogens is 1. The molecule has 0 aliphatic rings. The van der Waals surface area contributed by atoms with E-state index in [1.807, 2.05) is 6.07 Å². The minimum absolute atomic E-state index is 0.0682. The van der Waals surface area contributed by atoms with Gasteiger partial charge in [0.15, 0.2) is 16.0 Å². The molecule has 11 heteroatoms. The predicted molar refractivity (Wildman–Crippen MR) is 125 cm³/mol. The Morgan fingerprint density at radius 1 is 1.28 bits per heavy atom. The zero-order valence-electron chi connectivity index (χ0n) is 16.5. The largest absolute Gasteiger partial charge is 0.475 e. The van der Waals surface area contributed by atoms with Crippen LogP contribution in [0.25, 0.3) is 0 Å². The van der Waals surface area contributed by atoms with E-state index in [4.69, 9.17) is 49.5 Å². The number of hydrogen-bond donors (Lipinski definition) is 0. The normalized spacial score (nSPS) is 11.2. The zero-order valence-corrected chi connectivity index (χ0v) is 19.6. The summed E-state index contributed by atoms with van der Waals surface area (Å²) in [6.07, 6.45) is 0.181. The lowest BCUT2D eigenvalue weighted by molar-refractivity contribution is 0.307. The summed E-state index contributed by atoms with van der Waals surface area (Å²) >= 11 is 19.2. The van der Waals surface area contributed by atoms with Crippen molar-refractivity contribution in [1.82, 2.24) is 4.98 Å². The Morgan fingerprint density at radius 3 is 2.72 bits per heavy atom. The summed E-state index contributed by atoms with van der Waals surface area (Å²) in [4.78, 5) is 4.72. The summed E-state index contributed by atoms with van der Waals surface area (Å²) < 4.78 is 26.8. The average molecular weight is 512 g/mol. The van der Waals surface area contributed by atoms with E-state index in [1.54, 1.807) is 6.92 Å².